The van der Waals surface area contributed by atoms with E-state index in [1.807, 2.05) is 16.7 Å². The van der Waals surface area contributed by atoms with E-state index in [4.69, 9.17) is 5.73 Å². The Hall–Kier alpha value is -0.220. The molecule has 3 unspecified atom stereocenters. The van der Waals surface area contributed by atoms with Crippen LogP contribution in [0.15, 0.2) is 0 Å². The van der Waals surface area contributed by atoms with Crippen molar-refractivity contribution in [3.8, 4) is 0 Å². The molecule has 0 aliphatic carbocycles. The quantitative estimate of drug-likeness (QED) is 0.668. The van der Waals surface area contributed by atoms with Crippen LogP contribution < -0.4 is 5.73 Å². The fourth-order valence-corrected chi connectivity index (χ4v) is 3.32. The second kappa shape index (κ2) is 3.50. The Morgan fingerprint density at radius 3 is 2.85 bits per heavy atom. The number of nitrogens with two attached hydrogens (primary N) is 1. The first kappa shape index (κ1) is 9.34. The van der Waals surface area contributed by atoms with Crippen molar-refractivity contribution >= 4 is 17.7 Å². The van der Waals surface area contributed by atoms with E-state index >= 15 is 0 Å². The summed E-state index contributed by atoms with van der Waals surface area (Å²) in [6.45, 7) is 3.10. The molecule has 2 heterocycles. The summed E-state index contributed by atoms with van der Waals surface area (Å²) in [5, 5.41) is 0.703. The Morgan fingerprint density at radius 2 is 2.38 bits per heavy atom. The summed E-state index contributed by atoms with van der Waals surface area (Å²) in [6, 6.07) is 0.238. The lowest BCUT2D eigenvalue weighted by Gasteiger charge is -2.23. The van der Waals surface area contributed by atoms with E-state index in [-0.39, 0.29) is 11.9 Å². The summed E-state index contributed by atoms with van der Waals surface area (Å²) in [6.07, 6.45) is 1.98. The molecule has 2 fully saturated rings. The van der Waals surface area contributed by atoms with Crippen LogP contribution >= 0.6 is 11.8 Å². The lowest BCUT2D eigenvalue weighted by molar-refractivity contribution is -0.130. The van der Waals surface area contributed by atoms with Crippen LogP contribution in [0.25, 0.3) is 0 Å². The Bertz CT molecular complexity index is 222. The molecule has 4 heteroatoms. The van der Waals surface area contributed by atoms with Crippen LogP contribution in [-0.2, 0) is 4.79 Å². The van der Waals surface area contributed by atoms with Gasteiger partial charge in [-0.15, -0.1) is 0 Å². The Balaban J connectivity index is 1.98. The summed E-state index contributed by atoms with van der Waals surface area (Å²) < 4.78 is 0. The fourth-order valence-electron chi connectivity index (χ4n) is 2.10. The van der Waals surface area contributed by atoms with Gasteiger partial charge in [0, 0.05) is 23.6 Å². The normalized spacial score (nSPS) is 40.3. The SMILES string of the molecule is CC1CC(N2CCC(N)C2=O)CS1. The van der Waals surface area contributed by atoms with Crippen molar-refractivity contribution in [1.82, 2.24) is 4.90 Å². The lowest BCUT2D eigenvalue weighted by atomic mass is 10.2. The zero-order valence-electron chi connectivity index (χ0n) is 7.90. The van der Waals surface area contributed by atoms with Gasteiger partial charge in [-0.05, 0) is 12.8 Å². The molecule has 2 aliphatic heterocycles. The fraction of sp³-hybridized carbons (Fsp3) is 0.889. The van der Waals surface area contributed by atoms with Gasteiger partial charge in [-0.25, -0.2) is 0 Å². The monoisotopic (exact) mass is 200 g/mol. The zero-order chi connectivity index (χ0) is 9.42. The second-order valence-electron chi connectivity index (χ2n) is 3.96. The highest BCUT2D eigenvalue weighted by atomic mass is 32.2. The van der Waals surface area contributed by atoms with Crippen molar-refractivity contribution in [2.45, 2.75) is 37.1 Å². The molecule has 3 atom stereocenters. The second-order valence-corrected chi connectivity index (χ2v) is 5.43. The van der Waals surface area contributed by atoms with Crippen LogP contribution in [0, 0.1) is 0 Å². The zero-order valence-corrected chi connectivity index (χ0v) is 8.72. The number of thioether (sulfide) groups is 1. The van der Waals surface area contributed by atoms with E-state index in [1.54, 1.807) is 0 Å². The Morgan fingerprint density at radius 1 is 1.62 bits per heavy atom. The van der Waals surface area contributed by atoms with Crippen LogP contribution in [0.4, 0.5) is 0 Å². The Labute approximate surface area is 83.0 Å². The van der Waals surface area contributed by atoms with E-state index in [9.17, 15) is 4.79 Å². The molecule has 3 nitrogen and oxygen atoms in total. The third-order valence-electron chi connectivity index (χ3n) is 2.90. The molecule has 0 aromatic heterocycles. The minimum absolute atomic E-state index is 0.166. The van der Waals surface area contributed by atoms with Crippen LogP contribution in [-0.4, -0.2) is 40.4 Å². The first-order valence-electron chi connectivity index (χ1n) is 4.86. The molecule has 0 spiro atoms. The first-order chi connectivity index (χ1) is 6.18. The molecule has 2 saturated heterocycles. The summed E-state index contributed by atoms with van der Waals surface area (Å²) in [5.41, 5.74) is 5.67. The van der Waals surface area contributed by atoms with E-state index in [0.29, 0.717) is 11.3 Å². The first-order valence-corrected chi connectivity index (χ1v) is 5.91. The molecule has 2 N–H and O–H groups in total. The molecule has 13 heavy (non-hydrogen) atoms. The number of likely N-dealkylation sites (tertiary alicyclic amines) is 1. The molecule has 0 saturated carbocycles. The van der Waals surface area contributed by atoms with Crippen LogP contribution in [0.3, 0.4) is 0 Å². The standard InChI is InChI=1S/C9H16N2OS/c1-6-4-7(5-13-6)11-3-2-8(10)9(11)12/h6-8H,2-5,10H2,1H3. The average molecular weight is 200 g/mol. The van der Waals surface area contributed by atoms with Crippen LogP contribution in [0.2, 0.25) is 0 Å². The van der Waals surface area contributed by atoms with Crippen molar-refractivity contribution in [2.24, 2.45) is 5.73 Å². The smallest absolute Gasteiger partial charge is 0.239 e. The number of carbonyl (C=O) groups excluding carboxylic acids is 1. The van der Waals surface area contributed by atoms with Gasteiger partial charge in [-0.2, -0.15) is 11.8 Å². The van der Waals surface area contributed by atoms with E-state index in [1.165, 1.54) is 0 Å². The molecule has 0 aromatic carbocycles. The van der Waals surface area contributed by atoms with Gasteiger partial charge in [-0.3, -0.25) is 4.79 Å². The summed E-state index contributed by atoms with van der Waals surface area (Å²) >= 11 is 1.96. The third-order valence-corrected chi connectivity index (χ3v) is 4.24. The highest BCUT2D eigenvalue weighted by Gasteiger charge is 2.36. The lowest BCUT2D eigenvalue weighted by Crippen LogP contribution is -2.41. The molecule has 74 valence electrons. The molecular formula is C9H16N2OS. The topological polar surface area (TPSA) is 46.3 Å². The highest BCUT2D eigenvalue weighted by molar-refractivity contribution is 8.00. The number of amides is 1. The van der Waals surface area contributed by atoms with Gasteiger partial charge in [-0.1, -0.05) is 6.92 Å². The van der Waals surface area contributed by atoms with Crippen molar-refractivity contribution in [3.63, 3.8) is 0 Å². The summed E-state index contributed by atoms with van der Waals surface area (Å²) in [4.78, 5) is 13.6. The van der Waals surface area contributed by atoms with Crippen molar-refractivity contribution in [1.29, 1.82) is 0 Å². The predicted molar refractivity (Wildman–Crippen MR) is 54.6 cm³/mol. The van der Waals surface area contributed by atoms with Gasteiger partial charge < -0.3 is 10.6 Å². The van der Waals surface area contributed by atoms with Crippen LogP contribution in [0.5, 0.6) is 0 Å². The predicted octanol–water partition coefficient (Wildman–Crippen LogP) is 0.440. The third kappa shape index (κ3) is 1.70. The van der Waals surface area contributed by atoms with Crippen molar-refractivity contribution < 1.29 is 4.79 Å². The van der Waals surface area contributed by atoms with Crippen molar-refractivity contribution in [2.75, 3.05) is 12.3 Å². The van der Waals surface area contributed by atoms with Crippen LogP contribution in [0.1, 0.15) is 19.8 Å². The summed E-state index contributed by atoms with van der Waals surface area (Å²) in [5.74, 6) is 1.26. The van der Waals surface area contributed by atoms with E-state index < -0.39 is 0 Å². The maximum Gasteiger partial charge on any atom is 0.239 e. The van der Waals surface area contributed by atoms with Gasteiger partial charge in [0.25, 0.3) is 0 Å². The largest absolute Gasteiger partial charge is 0.337 e. The minimum Gasteiger partial charge on any atom is -0.337 e. The van der Waals surface area contributed by atoms with E-state index in [2.05, 4.69) is 6.92 Å². The van der Waals surface area contributed by atoms with Crippen molar-refractivity contribution in [3.05, 3.63) is 0 Å². The van der Waals surface area contributed by atoms with Gasteiger partial charge >= 0.3 is 0 Å². The molecule has 0 radical (unpaired) electrons. The maximum absolute atomic E-state index is 11.6. The number of rotatable bonds is 1. The van der Waals surface area contributed by atoms with Gasteiger partial charge in [0.2, 0.25) is 5.91 Å². The number of nitrogens with zero attached hydrogens (tertiary/aromatic N) is 1. The van der Waals surface area contributed by atoms with Gasteiger partial charge in [0.1, 0.15) is 0 Å². The maximum atomic E-state index is 11.6. The van der Waals surface area contributed by atoms with E-state index in [0.717, 1.165) is 25.1 Å². The van der Waals surface area contributed by atoms with Gasteiger partial charge in [0.15, 0.2) is 0 Å². The average Bonchev–Trinajstić information content (AvgIpc) is 2.62. The Kier molecular flexibility index (Phi) is 2.51. The molecule has 2 aliphatic rings. The highest BCUT2D eigenvalue weighted by Crippen LogP contribution is 2.31. The number of hydrogen-bond acceptors (Lipinski definition) is 3. The molecule has 1 amide bonds. The minimum atomic E-state index is -0.221. The summed E-state index contributed by atoms with van der Waals surface area (Å²) in [7, 11) is 0. The molecule has 2 rings (SSSR count). The molecule has 0 aromatic rings. The van der Waals surface area contributed by atoms with Gasteiger partial charge in [0.05, 0.1) is 6.04 Å². The molecule has 0 bridgehead atoms. The number of hydrogen-bond donors (Lipinski definition) is 1. The molecular weight excluding hydrogens is 184 g/mol. The number of carbonyl (C=O) groups is 1.